The molecule has 2 aromatic carbocycles. The molecule has 1 heterocycles. The highest BCUT2D eigenvalue weighted by Crippen LogP contribution is 2.30. The van der Waals surface area contributed by atoms with Crippen LogP contribution in [0.4, 0.5) is 29.3 Å². The minimum atomic E-state index is -4.38. The van der Waals surface area contributed by atoms with Gasteiger partial charge in [-0.3, -0.25) is 0 Å². The van der Waals surface area contributed by atoms with E-state index in [2.05, 4.69) is 42.3 Å². The average molecular weight is 377 g/mol. The second-order valence-corrected chi connectivity index (χ2v) is 6.77. The number of anilines is 2. The number of benzene rings is 2. The van der Waals surface area contributed by atoms with Crippen LogP contribution in [0.3, 0.4) is 0 Å². The summed E-state index contributed by atoms with van der Waals surface area (Å²) in [7, 11) is 0. The van der Waals surface area contributed by atoms with Crippen LogP contribution in [0.25, 0.3) is 0 Å². The van der Waals surface area contributed by atoms with Gasteiger partial charge in [-0.15, -0.1) is 0 Å². The molecule has 1 fully saturated rings. The maximum absolute atomic E-state index is 12.6. The van der Waals surface area contributed by atoms with Gasteiger partial charge in [0.2, 0.25) is 0 Å². The van der Waals surface area contributed by atoms with Crippen LogP contribution in [0.5, 0.6) is 0 Å². The van der Waals surface area contributed by atoms with Gasteiger partial charge in [-0.25, -0.2) is 4.79 Å². The quantitative estimate of drug-likeness (QED) is 0.825. The molecule has 144 valence electrons. The van der Waals surface area contributed by atoms with Gasteiger partial charge in [-0.2, -0.15) is 13.2 Å². The number of hydrogen-bond acceptors (Lipinski definition) is 2. The molecule has 0 bridgehead atoms. The molecular weight excluding hydrogens is 355 g/mol. The van der Waals surface area contributed by atoms with Crippen LogP contribution in [0, 0.1) is 13.8 Å². The van der Waals surface area contributed by atoms with Crippen LogP contribution in [-0.4, -0.2) is 37.1 Å². The Labute approximate surface area is 156 Å². The molecule has 7 heteroatoms. The van der Waals surface area contributed by atoms with Crippen LogP contribution in [0.15, 0.2) is 42.5 Å². The number of nitrogens with one attached hydrogen (secondary N) is 1. The molecule has 3 rings (SSSR count). The van der Waals surface area contributed by atoms with Crippen molar-refractivity contribution in [2.45, 2.75) is 20.0 Å². The highest BCUT2D eigenvalue weighted by atomic mass is 19.4. The van der Waals surface area contributed by atoms with Gasteiger partial charge in [0.15, 0.2) is 0 Å². The Morgan fingerprint density at radius 3 is 2.19 bits per heavy atom. The van der Waals surface area contributed by atoms with E-state index in [0.29, 0.717) is 31.9 Å². The van der Waals surface area contributed by atoms with E-state index in [9.17, 15) is 18.0 Å². The lowest BCUT2D eigenvalue weighted by atomic mass is 10.1. The van der Waals surface area contributed by atoms with Crippen LogP contribution >= 0.6 is 0 Å². The second-order valence-electron chi connectivity index (χ2n) is 6.77. The minimum Gasteiger partial charge on any atom is -0.368 e. The fraction of sp³-hybridized carbons (Fsp3) is 0.350. The first-order valence-electron chi connectivity index (χ1n) is 8.79. The average Bonchev–Trinajstić information content (AvgIpc) is 2.63. The first-order valence-corrected chi connectivity index (χ1v) is 8.79. The number of alkyl halides is 3. The van der Waals surface area contributed by atoms with E-state index in [1.165, 1.54) is 28.9 Å². The summed E-state index contributed by atoms with van der Waals surface area (Å²) >= 11 is 0. The summed E-state index contributed by atoms with van der Waals surface area (Å²) in [6.07, 6.45) is -4.38. The zero-order chi connectivity index (χ0) is 19.6. The Balaban J connectivity index is 1.58. The van der Waals surface area contributed by atoms with Gasteiger partial charge >= 0.3 is 12.2 Å². The normalized spacial score (nSPS) is 15.0. The Bertz CT molecular complexity index is 810. The molecule has 2 aromatic rings. The summed E-state index contributed by atoms with van der Waals surface area (Å²) in [6, 6.07) is 10.5. The second kappa shape index (κ2) is 7.50. The van der Waals surface area contributed by atoms with Crippen molar-refractivity contribution in [2.75, 3.05) is 36.4 Å². The Hall–Kier alpha value is -2.70. The molecule has 1 saturated heterocycles. The van der Waals surface area contributed by atoms with Crippen LogP contribution in [0.2, 0.25) is 0 Å². The third-order valence-electron chi connectivity index (χ3n) is 4.74. The fourth-order valence-electron chi connectivity index (χ4n) is 3.16. The van der Waals surface area contributed by atoms with Gasteiger partial charge in [0.25, 0.3) is 0 Å². The molecule has 1 aliphatic rings. The fourth-order valence-corrected chi connectivity index (χ4v) is 3.16. The molecule has 0 spiro atoms. The lowest BCUT2D eigenvalue weighted by Crippen LogP contribution is -2.50. The van der Waals surface area contributed by atoms with Crippen LogP contribution < -0.4 is 10.2 Å². The Morgan fingerprint density at radius 2 is 1.59 bits per heavy atom. The third-order valence-corrected chi connectivity index (χ3v) is 4.74. The number of halogens is 3. The molecule has 0 aliphatic carbocycles. The largest absolute Gasteiger partial charge is 0.416 e. The molecule has 0 atom stereocenters. The number of amides is 2. The smallest absolute Gasteiger partial charge is 0.368 e. The molecule has 0 radical (unpaired) electrons. The predicted molar refractivity (Wildman–Crippen MR) is 100 cm³/mol. The maximum atomic E-state index is 12.6. The van der Waals surface area contributed by atoms with Crippen LogP contribution in [0.1, 0.15) is 16.7 Å². The highest BCUT2D eigenvalue weighted by molar-refractivity contribution is 5.89. The van der Waals surface area contributed by atoms with Crippen molar-refractivity contribution < 1.29 is 18.0 Å². The van der Waals surface area contributed by atoms with Gasteiger partial charge in [0.05, 0.1) is 5.56 Å². The number of aryl methyl sites for hydroxylation is 2. The predicted octanol–water partition coefficient (Wildman–Crippen LogP) is 4.68. The molecule has 1 N–H and O–H groups in total. The number of carbonyl (C=O) groups is 1. The van der Waals surface area contributed by atoms with E-state index in [4.69, 9.17) is 0 Å². The molecule has 27 heavy (non-hydrogen) atoms. The molecule has 0 saturated carbocycles. The van der Waals surface area contributed by atoms with E-state index in [-0.39, 0.29) is 6.03 Å². The van der Waals surface area contributed by atoms with E-state index in [1.54, 1.807) is 4.90 Å². The van der Waals surface area contributed by atoms with Gasteiger partial charge in [-0.1, -0.05) is 12.1 Å². The number of hydrogen-bond donors (Lipinski definition) is 1. The molecule has 1 aliphatic heterocycles. The van der Waals surface area contributed by atoms with Crippen molar-refractivity contribution in [1.82, 2.24) is 4.90 Å². The summed E-state index contributed by atoms with van der Waals surface area (Å²) in [4.78, 5) is 16.3. The topological polar surface area (TPSA) is 35.6 Å². The zero-order valence-electron chi connectivity index (χ0n) is 15.3. The minimum absolute atomic E-state index is 0.296. The monoisotopic (exact) mass is 377 g/mol. The number of carbonyl (C=O) groups excluding carboxylic acids is 1. The SMILES string of the molecule is Cc1ccc(C)c(N2CCN(C(=O)Nc3ccc(C(F)(F)F)cc3)CC2)c1. The lowest BCUT2D eigenvalue weighted by Gasteiger charge is -2.36. The van der Waals surface area contributed by atoms with E-state index < -0.39 is 11.7 Å². The summed E-state index contributed by atoms with van der Waals surface area (Å²) < 4.78 is 37.8. The van der Waals surface area contributed by atoms with E-state index in [1.807, 2.05) is 0 Å². The summed E-state index contributed by atoms with van der Waals surface area (Å²) in [5, 5.41) is 2.67. The van der Waals surface area contributed by atoms with Crippen molar-refractivity contribution in [3.05, 3.63) is 59.2 Å². The third kappa shape index (κ3) is 4.53. The highest BCUT2D eigenvalue weighted by Gasteiger charge is 2.30. The van der Waals surface area contributed by atoms with Gasteiger partial charge in [0, 0.05) is 37.6 Å². The molecule has 0 unspecified atom stereocenters. The number of piperazine rings is 1. The Morgan fingerprint density at radius 1 is 0.963 bits per heavy atom. The van der Waals surface area contributed by atoms with Crippen molar-refractivity contribution in [3.63, 3.8) is 0 Å². The zero-order valence-corrected chi connectivity index (χ0v) is 15.3. The first-order chi connectivity index (χ1) is 12.7. The summed E-state index contributed by atoms with van der Waals surface area (Å²) in [5.41, 5.74) is 3.19. The van der Waals surface area contributed by atoms with E-state index >= 15 is 0 Å². The number of urea groups is 1. The first kappa shape index (κ1) is 19.1. The lowest BCUT2D eigenvalue weighted by molar-refractivity contribution is -0.137. The molecule has 0 aromatic heterocycles. The molecule has 4 nitrogen and oxygen atoms in total. The van der Waals surface area contributed by atoms with Crippen LogP contribution in [-0.2, 0) is 6.18 Å². The molecular formula is C20H22F3N3O. The van der Waals surface area contributed by atoms with E-state index in [0.717, 1.165) is 12.1 Å². The van der Waals surface area contributed by atoms with Gasteiger partial charge < -0.3 is 15.1 Å². The van der Waals surface area contributed by atoms with Crippen molar-refractivity contribution >= 4 is 17.4 Å². The van der Waals surface area contributed by atoms with Crippen molar-refractivity contribution in [2.24, 2.45) is 0 Å². The van der Waals surface area contributed by atoms with Gasteiger partial charge in [-0.05, 0) is 55.3 Å². The Kier molecular flexibility index (Phi) is 5.30. The standard InChI is InChI=1S/C20H22F3N3O/c1-14-3-4-15(2)18(13-14)25-9-11-26(12-10-25)19(27)24-17-7-5-16(6-8-17)20(21,22)23/h3-8,13H,9-12H2,1-2H3,(H,24,27). The van der Waals surface area contributed by atoms with Gasteiger partial charge in [0.1, 0.15) is 0 Å². The van der Waals surface area contributed by atoms with Crippen molar-refractivity contribution in [1.29, 1.82) is 0 Å². The molecule has 2 amide bonds. The maximum Gasteiger partial charge on any atom is 0.416 e. The number of nitrogens with zero attached hydrogens (tertiary/aromatic N) is 2. The number of rotatable bonds is 2. The summed E-state index contributed by atoms with van der Waals surface area (Å²) in [5.74, 6) is 0. The van der Waals surface area contributed by atoms with Crippen molar-refractivity contribution in [3.8, 4) is 0 Å². The summed E-state index contributed by atoms with van der Waals surface area (Å²) in [6.45, 7) is 6.66.